The summed E-state index contributed by atoms with van der Waals surface area (Å²) in [7, 11) is 0. The number of aromatic nitrogens is 1. The number of hydrogen-bond acceptors (Lipinski definition) is 3. The van der Waals surface area contributed by atoms with E-state index in [0.29, 0.717) is 23.5 Å². The normalized spacial score (nSPS) is 13.1. The second-order valence-corrected chi connectivity index (χ2v) is 5.85. The fourth-order valence-electron chi connectivity index (χ4n) is 3.02. The van der Waals surface area contributed by atoms with Crippen LogP contribution < -0.4 is 15.0 Å². The third kappa shape index (κ3) is 2.71. The van der Waals surface area contributed by atoms with E-state index in [-0.39, 0.29) is 18.4 Å². The van der Waals surface area contributed by atoms with Crippen molar-refractivity contribution in [2.45, 2.75) is 6.92 Å². The maximum atomic E-state index is 13.0. The number of aromatic amines is 1. The Morgan fingerprint density at radius 1 is 1.20 bits per heavy atom. The average molecular weight is 335 g/mol. The van der Waals surface area contributed by atoms with Gasteiger partial charge in [-0.3, -0.25) is 9.59 Å². The summed E-state index contributed by atoms with van der Waals surface area (Å²) >= 11 is 0. The molecule has 6 nitrogen and oxygen atoms in total. The molecule has 1 aliphatic rings. The van der Waals surface area contributed by atoms with Crippen molar-refractivity contribution in [1.29, 1.82) is 0 Å². The van der Waals surface area contributed by atoms with Gasteiger partial charge in [0.25, 0.3) is 11.8 Å². The molecule has 0 radical (unpaired) electrons. The van der Waals surface area contributed by atoms with Crippen molar-refractivity contribution in [3.05, 3.63) is 54.2 Å². The zero-order valence-corrected chi connectivity index (χ0v) is 13.7. The van der Waals surface area contributed by atoms with Crippen molar-refractivity contribution >= 4 is 34.1 Å². The Kier molecular flexibility index (Phi) is 3.65. The molecule has 0 saturated heterocycles. The van der Waals surface area contributed by atoms with Crippen molar-refractivity contribution in [2.75, 3.05) is 23.4 Å². The summed E-state index contributed by atoms with van der Waals surface area (Å²) in [6.07, 6.45) is 1.88. The van der Waals surface area contributed by atoms with Crippen molar-refractivity contribution in [3.63, 3.8) is 0 Å². The standard InChI is InChI=1S/C19H17N3O3/c1-2-22(14-4-6-15-12(9-14)7-8-20-15)19(24)13-3-5-16-17(10-13)25-11-18(23)21-16/h3-10,20H,2,11H2,1H3,(H,21,23). The molecule has 0 bridgehead atoms. The molecule has 0 atom stereocenters. The Balaban J connectivity index is 1.67. The molecule has 2 N–H and O–H groups in total. The van der Waals surface area contributed by atoms with Crippen molar-refractivity contribution in [3.8, 4) is 5.75 Å². The molecule has 0 fully saturated rings. The van der Waals surface area contributed by atoms with Crippen molar-refractivity contribution in [1.82, 2.24) is 4.98 Å². The van der Waals surface area contributed by atoms with Crippen LogP contribution in [0.4, 0.5) is 11.4 Å². The predicted octanol–water partition coefficient (Wildman–Crippen LogP) is 3.17. The Hall–Kier alpha value is -3.28. The summed E-state index contributed by atoms with van der Waals surface area (Å²) in [5.41, 5.74) is 2.98. The number of amides is 2. The molecule has 6 heteroatoms. The zero-order chi connectivity index (χ0) is 17.4. The molecule has 126 valence electrons. The quantitative estimate of drug-likeness (QED) is 0.772. The molecule has 3 aromatic rings. The summed E-state index contributed by atoms with van der Waals surface area (Å²) in [6.45, 7) is 2.45. The minimum absolute atomic E-state index is 0.0354. The number of ether oxygens (including phenoxy) is 1. The first-order valence-electron chi connectivity index (χ1n) is 8.11. The van der Waals surface area contributed by atoms with Crippen LogP contribution in [-0.2, 0) is 4.79 Å². The lowest BCUT2D eigenvalue weighted by molar-refractivity contribution is -0.118. The number of fused-ring (bicyclic) bond motifs is 2. The number of hydrogen-bond donors (Lipinski definition) is 2. The van der Waals surface area contributed by atoms with Gasteiger partial charge in [-0.25, -0.2) is 0 Å². The topological polar surface area (TPSA) is 74.4 Å². The lowest BCUT2D eigenvalue weighted by atomic mass is 10.1. The lowest BCUT2D eigenvalue weighted by Crippen LogP contribution is -2.31. The van der Waals surface area contributed by atoms with Gasteiger partial charge in [-0.15, -0.1) is 0 Å². The van der Waals surface area contributed by atoms with Gasteiger partial charge < -0.3 is 19.9 Å². The summed E-state index contributed by atoms with van der Waals surface area (Å²) < 4.78 is 5.41. The molecular formula is C19H17N3O3. The maximum absolute atomic E-state index is 13.0. The van der Waals surface area contributed by atoms with Crippen LogP contribution in [0, 0.1) is 0 Å². The molecule has 0 unspecified atom stereocenters. The van der Waals surface area contributed by atoms with Gasteiger partial charge in [-0.05, 0) is 49.4 Å². The van der Waals surface area contributed by atoms with E-state index in [1.165, 1.54) is 0 Å². The van der Waals surface area contributed by atoms with Crippen LogP contribution in [0.1, 0.15) is 17.3 Å². The van der Waals surface area contributed by atoms with Gasteiger partial charge in [0.2, 0.25) is 0 Å². The highest BCUT2D eigenvalue weighted by molar-refractivity contribution is 6.08. The van der Waals surface area contributed by atoms with Crippen LogP contribution in [0.5, 0.6) is 5.75 Å². The van der Waals surface area contributed by atoms with Crippen LogP contribution >= 0.6 is 0 Å². The number of carbonyl (C=O) groups is 2. The first-order valence-corrected chi connectivity index (χ1v) is 8.11. The number of H-pyrrole nitrogens is 1. The second-order valence-electron chi connectivity index (χ2n) is 5.85. The van der Waals surface area contributed by atoms with Gasteiger partial charge in [0.15, 0.2) is 6.61 Å². The van der Waals surface area contributed by atoms with Crippen molar-refractivity contribution < 1.29 is 14.3 Å². The minimum Gasteiger partial charge on any atom is -0.482 e. The molecule has 2 aromatic carbocycles. The zero-order valence-electron chi connectivity index (χ0n) is 13.7. The second kappa shape index (κ2) is 5.98. The molecule has 4 rings (SSSR count). The van der Waals surface area contributed by atoms with E-state index >= 15 is 0 Å². The summed E-state index contributed by atoms with van der Waals surface area (Å²) in [5, 5.41) is 3.78. The fourth-order valence-corrected chi connectivity index (χ4v) is 3.02. The Morgan fingerprint density at radius 3 is 2.92 bits per heavy atom. The highest BCUT2D eigenvalue weighted by Gasteiger charge is 2.21. The molecule has 1 aromatic heterocycles. The Labute approximate surface area is 144 Å². The van der Waals surface area contributed by atoms with Crippen molar-refractivity contribution in [2.24, 2.45) is 0 Å². The molecular weight excluding hydrogens is 318 g/mol. The van der Waals surface area contributed by atoms with Gasteiger partial charge in [0.1, 0.15) is 5.75 Å². The number of carbonyl (C=O) groups excluding carboxylic acids is 2. The lowest BCUT2D eigenvalue weighted by Gasteiger charge is -2.23. The predicted molar refractivity (Wildman–Crippen MR) is 96.2 cm³/mol. The smallest absolute Gasteiger partial charge is 0.262 e. The van der Waals surface area contributed by atoms with E-state index in [0.717, 1.165) is 16.6 Å². The fraction of sp³-hybridized carbons (Fsp3) is 0.158. The van der Waals surface area contributed by atoms with Crippen LogP contribution in [-0.4, -0.2) is 29.9 Å². The summed E-state index contributed by atoms with van der Waals surface area (Å²) in [5.74, 6) is 0.213. The highest BCUT2D eigenvalue weighted by Crippen LogP contribution is 2.30. The number of anilines is 2. The highest BCUT2D eigenvalue weighted by atomic mass is 16.5. The third-order valence-corrected chi connectivity index (χ3v) is 4.27. The third-order valence-electron chi connectivity index (χ3n) is 4.27. The monoisotopic (exact) mass is 335 g/mol. The summed E-state index contributed by atoms with van der Waals surface area (Å²) in [6, 6.07) is 12.9. The number of benzene rings is 2. The first-order chi connectivity index (χ1) is 12.2. The van der Waals surface area contributed by atoms with E-state index < -0.39 is 0 Å². The molecule has 2 amide bonds. The molecule has 1 aliphatic heterocycles. The van der Waals surface area contributed by atoms with Gasteiger partial charge >= 0.3 is 0 Å². The van der Waals surface area contributed by atoms with E-state index in [9.17, 15) is 9.59 Å². The minimum atomic E-state index is -0.193. The van der Waals surface area contributed by atoms with E-state index in [1.807, 2.05) is 37.4 Å². The molecule has 0 saturated carbocycles. The molecule has 0 spiro atoms. The SMILES string of the molecule is CCN(C(=O)c1ccc2c(c1)OCC(=O)N2)c1ccc2[nH]ccc2c1. The van der Waals surface area contributed by atoms with Crippen LogP contribution in [0.25, 0.3) is 10.9 Å². The molecule has 25 heavy (non-hydrogen) atoms. The van der Waals surface area contributed by atoms with E-state index in [1.54, 1.807) is 23.1 Å². The average Bonchev–Trinajstić information content (AvgIpc) is 3.09. The number of rotatable bonds is 3. The van der Waals surface area contributed by atoms with Crippen LogP contribution in [0.2, 0.25) is 0 Å². The molecule has 2 heterocycles. The van der Waals surface area contributed by atoms with E-state index in [4.69, 9.17) is 4.74 Å². The largest absolute Gasteiger partial charge is 0.482 e. The first kappa shape index (κ1) is 15.3. The summed E-state index contributed by atoms with van der Waals surface area (Å²) in [4.78, 5) is 29.2. The Bertz CT molecular complexity index is 977. The van der Waals surface area contributed by atoms with Crippen LogP contribution in [0.15, 0.2) is 48.7 Å². The number of nitrogens with one attached hydrogen (secondary N) is 2. The van der Waals surface area contributed by atoms with Gasteiger partial charge in [-0.2, -0.15) is 0 Å². The number of nitrogens with zero attached hydrogens (tertiary/aromatic N) is 1. The van der Waals surface area contributed by atoms with Gasteiger partial charge in [0, 0.05) is 34.9 Å². The van der Waals surface area contributed by atoms with Crippen LogP contribution in [0.3, 0.4) is 0 Å². The van der Waals surface area contributed by atoms with E-state index in [2.05, 4.69) is 10.3 Å². The van der Waals surface area contributed by atoms with Gasteiger partial charge in [-0.1, -0.05) is 0 Å². The molecule has 0 aliphatic carbocycles. The van der Waals surface area contributed by atoms with Gasteiger partial charge in [0.05, 0.1) is 5.69 Å². The maximum Gasteiger partial charge on any atom is 0.262 e. The Morgan fingerprint density at radius 2 is 2.08 bits per heavy atom.